The molecule has 0 heterocycles. The predicted molar refractivity (Wildman–Crippen MR) is 57.2 cm³/mol. The molecular weight excluding hydrogens is 192 g/mol. The van der Waals surface area contributed by atoms with Crippen molar-refractivity contribution in [2.45, 2.75) is 0 Å². The van der Waals surface area contributed by atoms with E-state index in [0.29, 0.717) is 11.1 Å². The highest BCUT2D eigenvalue weighted by atomic mass is 16.6. The molecule has 0 saturated carbocycles. The number of nitrogens with zero attached hydrogens (tertiary/aromatic N) is 2. The molecule has 0 fully saturated rings. The van der Waals surface area contributed by atoms with Crippen molar-refractivity contribution < 1.29 is 9.94 Å². The number of aromatic hydroxyl groups is 1. The molecular formula is C11H10N2O2. The molecule has 0 bridgehead atoms. The highest BCUT2D eigenvalue weighted by Gasteiger charge is 1.97. The monoisotopic (exact) mass is 202 g/mol. The molecule has 4 nitrogen and oxygen atoms in total. The van der Waals surface area contributed by atoms with Crippen molar-refractivity contribution in [3.05, 3.63) is 35.4 Å². The summed E-state index contributed by atoms with van der Waals surface area (Å²) < 4.78 is 0. The maximum absolute atomic E-state index is 9.45. The van der Waals surface area contributed by atoms with Crippen LogP contribution in [0, 0.1) is 11.3 Å². The van der Waals surface area contributed by atoms with Gasteiger partial charge in [0.1, 0.15) is 18.9 Å². The lowest BCUT2D eigenvalue weighted by Gasteiger charge is -1.97. The highest BCUT2D eigenvalue weighted by Crippen LogP contribution is 2.18. The van der Waals surface area contributed by atoms with E-state index in [1.165, 1.54) is 19.4 Å². The zero-order valence-electron chi connectivity index (χ0n) is 8.21. The number of hydrogen-bond donors (Lipinski definition) is 1. The van der Waals surface area contributed by atoms with Crippen molar-refractivity contribution in [2.75, 3.05) is 7.11 Å². The van der Waals surface area contributed by atoms with E-state index < -0.39 is 0 Å². The van der Waals surface area contributed by atoms with Gasteiger partial charge in [0.15, 0.2) is 0 Å². The number of nitriles is 1. The first-order valence-electron chi connectivity index (χ1n) is 4.24. The summed E-state index contributed by atoms with van der Waals surface area (Å²) in [5.74, 6) is 0.121. The van der Waals surface area contributed by atoms with Crippen LogP contribution in [0.15, 0.2) is 35.0 Å². The van der Waals surface area contributed by atoms with Gasteiger partial charge in [0.25, 0.3) is 0 Å². The molecule has 0 amide bonds. The van der Waals surface area contributed by atoms with E-state index in [0.717, 1.165) is 0 Å². The summed E-state index contributed by atoms with van der Waals surface area (Å²) in [5, 5.41) is 21.7. The normalized spacial score (nSPS) is 11.3. The third kappa shape index (κ3) is 3.16. The van der Waals surface area contributed by atoms with Crippen molar-refractivity contribution in [3.8, 4) is 11.8 Å². The molecule has 4 heteroatoms. The third-order valence-electron chi connectivity index (χ3n) is 1.67. The van der Waals surface area contributed by atoms with Gasteiger partial charge in [-0.15, -0.1) is 0 Å². The Hall–Kier alpha value is -2.28. The van der Waals surface area contributed by atoms with Crippen LogP contribution in [-0.2, 0) is 4.84 Å². The van der Waals surface area contributed by atoms with Gasteiger partial charge in [-0.2, -0.15) is 5.26 Å². The summed E-state index contributed by atoms with van der Waals surface area (Å²) >= 11 is 0. The number of para-hydroxylation sites is 1. The minimum atomic E-state index is 0.121. The molecule has 0 aliphatic heterocycles. The first kappa shape index (κ1) is 10.8. The lowest BCUT2D eigenvalue weighted by molar-refractivity contribution is 0.215. The Morgan fingerprint density at radius 1 is 1.53 bits per heavy atom. The maximum atomic E-state index is 9.45. The van der Waals surface area contributed by atoms with Crippen LogP contribution in [0.25, 0.3) is 6.08 Å². The second-order valence-corrected chi connectivity index (χ2v) is 2.69. The molecule has 76 valence electrons. The maximum Gasteiger partial charge on any atom is 0.122 e. The van der Waals surface area contributed by atoms with Gasteiger partial charge in [-0.1, -0.05) is 23.4 Å². The Morgan fingerprint density at radius 2 is 2.27 bits per heavy atom. The first-order chi connectivity index (χ1) is 7.27. The average molecular weight is 202 g/mol. The average Bonchev–Trinajstić information content (AvgIpc) is 2.26. The van der Waals surface area contributed by atoms with E-state index in [2.05, 4.69) is 9.99 Å². The number of phenols is 1. The van der Waals surface area contributed by atoms with Gasteiger partial charge in [0.05, 0.1) is 11.8 Å². The van der Waals surface area contributed by atoms with Gasteiger partial charge in [-0.25, -0.2) is 0 Å². The standard InChI is InChI=1S/C11H10N2O2/c1-15-13-8-9(7-12)6-10-4-2-3-5-11(10)14/h2-6,8,14H,1H3/b9-6-,13-8+. The topological polar surface area (TPSA) is 65.6 Å². The summed E-state index contributed by atoms with van der Waals surface area (Å²) in [5.41, 5.74) is 0.870. The predicted octanol–water partition coefficient (Wildman–Crippen LogP) is 1.93. The number of oxime groups is 1. The minimum absolute atomic E-state index is 0.121. The van der Waals surface area contributed by atoms with Gasteiger partial charge in [-0.3, -0.25) is 0 Å². The van der Waals surface area contributed by atoms with E-state index in [4.69, 9.17) is 5.26 Å². The fraction of sp³-hybridized carbons (Fsp3) is 0.0909. The Labute approximate surface area is 87.7 Å². The molecule has 1 N–H and O–H groups in total. The molecule has 0 aliphatic rings. The van der Waals surface area contributed by atoms with Crippen molar-refractivity contribution in [1.82, 2.24) is 0 Å². The molecule has 0 radical (unpaired) electrons. The quantitative estimate of drug-likeness (QED) is 0.462. The number of allylic oxidation sites excluding steroid dienone is 1. The molecule has 0 spiro atoms. The highest BCUT2D eigenvalue weighted by molar-refractivity contribution is 5.90. The van der Waals surface area contributed by atoms with Crippen LogP contribution in [-0.4, -0.2) is 18.4 Å². The van der Waals surface area contributed by atoms with Gasteiger partial charge in [-0.05, 0) is 12.1 Å². The Balaban J connectivity index is 3.00. The van der Waals surface area contributed by atoms with Crippen LogP contribution in [0.3, 0.4) is 0 Å². The Kier molecular flexibility index (Phi) is 3.92. The van der Waals surface area contributed by atoms with Crippen molar-refractivity contribution in [1.29, 1.82) is 5.26 Å². The zero-order chi connectivity index (χ0) is 11.1. The summed E-state index contributed by atoms with van der Waals surface area (Å²) in [7, 11) is 1.39. The molecule has 1 aromatic rings. The Bertz CT molecular complexity index is 430. The summed E-state index contributed by atoms with van der Waals surface area (Å²) in [6.45, 7) is 0. The van der Waals surface area contributed by atoms with Gasteiger partial charge in [0, 0.05) is 5.56 Å². The SMILES string of the molecule is CO/N=C/C(C#N)=C\c1ccccc1O. The van der Waals surface area contributed by atoms with Crippen LogP contribution in [0.5, 0.6) is 5.75 Å². The van der Waals surface area contributed by atoms with Crippen LogP contribution in [0.4, 0.5) is 0 Å². The molecule has 0 atom stereocenters. The number of phenolic OH excluding ortho intramolecular Hbond substituents is 1. The van der Waals surface area contributed by atoms with Crippen molar-refractivity contribution in [3.63, 3.8) is 0 Å². The number of hydrogen-bond acceptors (Lipinski definition) is 4. The van der Waals surface area contributed by atoms with Gasteiger partial charge in [0.2, 0.25) is 0 Å². The lowest BCUT2D eigenvalue weighted by atomic mass is 10.1. The minimum Gasteiger partial charge on any atom is -0.507 e. The summed E-state index contributed by atoms with van der Waals surface area (Å²) in [6, 6.07) is 8.67. The fourth-order valence-electron chi connectivity index (χ4n) is 0.985. The van der Waals surface area contributed by atoms with Crippen LogP contribution >= 0.6 is 0 Å². The van der Waals surface area contributed by atoms with Crippen LogP contribution < -0.4 is 0 Å². The number of benzene rings is 1. The van der Waals surface area contributed by atoms with E-state index in [9.17, 15) is 5.11 Å². The third-order valence-corrected chi connectivity index (χ3v) is 1.67. The summed E-state index contributed by atoms with van der Waals surface area (Å²) in [4.78, 5) is 4.46. The molecule has 15 heavy (non-hydrogen) atoms. The van der Waals surface area contributed by atoms with Gasteiger partial charge >= 0.3 is 0 Å². The molecule has 0 unspecified atom stereocenters. The van der Waals surface area contributed by atoms with E-state index in [-0.39, 0.29) is 5.75 Å². The fourth-order valence-corrected chi connectivity index (χ4v) is 0.985. The molecule has 1 rings (SSSR count). The van der Waals surface area contributed by atoms with E-state index >= 15 is 0 Å². The lowest BCUT2D eigenvalue weighted by Crippen LogP contribution is -1.83. The molecule has 0 saturated heterocycles. The second-order valence-electron chi connectivity index (χ2n) is 2.69. The van der Waals surface area contributed by atoms with Gasteiger partial charge < -0.3 is 9.94 Å². The smallest absolute Gasteiger partial charge is 0.122 e. The van der Waals surface area contributed by atoms with E-state index in [1.807, 2.05) is 6.07 Å². The van der Waals surface area contributed by atoms with Crippen LogP contribution in [0.1, 0.15) is 5.56 Å². The number of rotatable bonds is 3. The largest absolute Gasteiger partial charge is 0.507 e. The second kappa shape index (κ2) is 5.45. The molecule has 1 aromatic carbocycles. The van der Waals surface area contributed by atoms with Crippen molar-refractivity contribution in [2.24, 2.45) is 5.16 Å². The molecule has 0 aromatic heterocycles. The molecule has 0 aliphatic carbocycles. The van der Waals surface area contributed by atoms with Crippen LogP contribution in [0.2, 0.25) is 0 Å². The van der Waals surface area contributed by atoms with Crippen molar-refractivity contribution >= 4 is 12.3 Å². The summed E-state index contributed by atoms with van der Waals surface area (Å²) in [6.07, 6.45) is 2.81. The zero-order valence-corrected chi connectivity index (χ0v) is 8.21. The Morgan fingerprint density at radius 3 is 2.87 bits per heavy atom. The first-order valence-corrected chi connectivity index (χ1v) is 4.24. The van der Waals surface area contributed by atoms with E-state index in [1.54, 1.807) is 24.3 Å².